The summed E-state index contributed by atoms with van der Waals surface area (Å²) in [6.07, 6.45) is 2.14. The van der Waals surface area contributed by atoms with E-state index in [0.717, 1.165) is 31.7 Å². The van der Waals surface area contributed by atoms with Gasteiger partial charge in [-0.15, -0.1) is 24.0 Å². The second-order valence-corrected chi connectivity index (χ2v) is 4.47. The number of anilines is 1. The number of guanidine groups is 1. The lowest BCUT2D eigenvalue weighted by Crippen LogP contribution is -2.23. The maximum Gasteiger partial charge on any atom is 0.193 e. The van der Waals surface area contributed by atoms with Gasteiger partial charge in [0.15, 0.2) is 5.96 Å². The minimum absolute atomic E-state index is 0. The minimum atomic E-state index is 0. The highest BCUT2D eigenvalue weighted by molar-refractivity contribution is 14.0. The van der Waals surface area contributed by atoms with E-state index >= 15 is 0 Å². The van der Waals surface area contributed by atoms with Gasteiger partial charge >= 0.3 is 0 Å². The van der Waals surface area contributed by atoms with E-state index < -0.39 is 0 Å². The van der Waals surface area contributed by atoms with Crippen molar-refractivity contribution < 1.29 is 9.47 Å². The van der Waals surface area contributed by atoms with Crippen molar-refractivity contribution in [1.82, 2.24) is 0 Å². The summed E-state index contributed by atoms with van der Waals surface area (Å²) in [7, 11) is 0. The number of aliphatic imine (C=N–C) groups is 1. The number of rotatable bonds is 6. The average molecular weight is 391 g/mol. The predicted molar refractivity (Wildman–Crippen MR) is 91.8 cm³/mol. The van der Waals surface area contributed by atoms with Crippen LogP contribution < -0.4 is 11.1 Å². The van der Waals surface area contributed by atoms with Crippen LogP contribution in [-0.2, 0) is 9.47 Å². The Hall–Kier alpha value is -0.860. The molecule has 1 aromatic carbocycles. The lowest BCUT2D eigenvalue weighted by Gasteiger charge is -2.08. The molecule has 6 heteroatoms. The van der Waals surface area contributed by atoms with Crippen molar-refractivity contribution in [2.75, 3.05) is 31.7 Å². The van der Waals surface area contributed by atoms with Crippen molar-refractivity contribution >= 4 is 35.6 Å². The van der Waals surface area contributed by atoms with Gasteiger partial charge in [0.1, 0.15) is 0 Å². The molecule has 1 unspecified atom stereocenters. The normalized spacial score (nSPS) is 18.6. The van der Waals surface area contributed by atoms with E-state index in [1.165, 1.54) is 0 Å². The van der Waals surface area contributed by atoms with E-state index in [2.05, 4.69) is 10.3 Å². The summed E-state index contributed by atoms with van der Waals surface area (Å²) in [6.45, 7) is 2.91. The SMILES string of the molecule is I.NC(=NCCCOC1CCOC1)Nc1ccccc1. The predicted octanol–water partition coefficient (Wildman–Crippen LogP) is 2.23. The molecule has 112 valence electrons. The van der Waals surface area contributed by atoms with Crippen LogP contribution in [0.4, 0.5) is 5.69 Å². The number of hydrogen-bond donors (Lipinski definition) is 2. The number of benzene rings is 1. The number of nitrogens with two attached hydrogens (primary N) is 1. The summed E-state index contributed by atoms with van der Waals surface area (Å²) < 4.78 is 10.9. The van der Waals surface area contributed by atoms with Gasteiger partial charge in [-0.25, -0.2) is 0 Å². The Kier molecular flexibility index (Phi) is 8.56. The summed E-state index contributed by atoms with van der Waals surface area (Å²) >= 11 is 0. The zero-order valence-electron chi connectivity index (χ0n) is 11.5. The molecule has 0 saturated carbocycles. The first kappa shape index (κ1) is 17.2. The zero-order chi connectivity index (χ0) is 13.3. The van der Waals surface area contributed by atoms with Gasteiger partial charge in [0.05, 0.1) is 12.7 Å². The van der Waals surface area contributed by atoms with Crippen molar-refractivity contribution in [3.05, 3.63) is 30.3 Å². The van der Waals surface area contributed by atoms with Crippen LogP contribution in [0.15, 0.2) is 35.3 Å². The van der Waals surface area contributed by atoms with E-state index in [9.17, 15) is 0 Å². The van der Waals surface area contributed by atoms with Gasteiger partial charge in [-0.05, 0) is 25.0 Å². The fraction of sp³-hybridized carbons (Fsp3) is 0.500. The lowest BCUT2D eigenvalue weighted by molar-refractivity contribution is 0.0424. The Bertz CT molecular complexity index is 395. The third-order valence-electron chi connectivity index (χ3n) is 2.87. The summed E-state index contributed by atoms with van der Waals surface area (Å²) in [4.78, 5) is 4.26. The monoisotopic (exact) mass is 391 g/mol. The van der Waals surface area contributed by atoms with Crippen LogP contribution >= 0.6 is 24.0 Å². The highest BCUT2D eigenvalue weighted by Crippen LogP contribution is 2.08. The molecule has 1 aromatic rings. The lowest BCUT2D eigenvalue weighted by atomic mass is 10.3. The molecule has 0 bridgehead atoms. The molecule has 3 N–H and O–H groups in total. The molecule has 20 heavy (non-hydrogen) atoms. The van der Waals surface area contributed by atoms with Crippen molar-refractivity contribution in [2.45, 2.75) is 18.9 Å². The Morgan fingerprint density at radius 1 is 1.40 bits per heavy atom. The molecule has 1 saturated heterocycles. The molecule has 0 radical (unpaired) electrons. The van der Waals surface area contributed by atoms with E-state index in [0.29, 0.717) is 19.1 Å². The van der Waals surface area contributed by atoms with Crippen LogP contribution in [0, 0.1) is 0 Å². The van der Waals surface area contributed by atoms with Gasteiger partial charge in [0.2, 0.25) is 0 Å². The molecule has 1 atom stereocenters. The topological polar surface area (TPSA) is 68.9 Å². The first-order valence-electron chi connectivity index (χ1n) is 6.66. The fourth-order valence-corrected chi connectivity index (χ4v) is 1.87. The van der Waals surface area contributed by atoms with Crippen molar-refractivity contribution in [3.63, 3.8) is 0 Å². The molecule has 0 amide bonds. The minimum Gasteiger partial charge on any atom is -0.379 e. The first-order valence-corrected chi connectivity index (χ1v) is 6.66. The van der Waals surface area contributed by atoms with Gasteiger partial charge in [-0.3, -0.25) is 4.99 Å². The molecular weight excluding hydrogens is 369 g/mol. The third-order valence-corrected chi connectivity index (χ3v) is 2.87. The van der Waals surface area contributed by atoms with Gasteiger partial charge in [0, 0.05) is 25.4 Å². The van der Waals surface area contributed by atoms with Crippen LogP contribution in [0.25, 0.3) is 0 Å². The number of para-hydroxylation sites is 1. The van der Waals surface area contributed by atoms with Crippen LogP contribution in [0.3, 0.4) is 0 Å². The maximum absolute atomic E-state index is 5.79. The molecule has 0 aromatic heterocycles. The van der Waals surface area contributed by atoms with Crippen molar-refractivity contribution in [2.24, 2.45) is 10.7 Å². The van der Waals surface area contributed by atoms with Crippen LogP contribution in [0.2, 0.25) is 0 Å². The molecule has 1 aliphatic heterocycles. The van der Waals surface area contributed by atoms with Gasteiger partial charge in [-0.1, -0.05) is 18.2 Å². The Morgan fingerprint density at radius 3 is 2.90 bits per heavy atom. The Labute approximate surface area is 137 Å². The van der Waals surface area contributed by atoms with Crippen LogP contribution in [0.5, 0.6) is 0 Å². The van der Waals surface area contributed by atoms with Gasteiger partial charge < -0.3 is 20.5 Å². The van der Waals surface area contributed by atoms with Crippen molar-refractivity contribution in [3.8, 4) is 0 Å². The zero-order valence-corrected chi connectivity index (χ0v) is 13.8. The quantitative estimate of drug-likeness (QED) is 0.338. The van der Waals surface area contributed by atoms with E-state index in [1.807, 2.05) is 30.3 Å². The smallest absolute Gasteiger partial charge is 0.193 e. The molecular formula is C14H22IN3O2. The molecule has 1 fully saturated rings. The standard InChI is InChI=1S/C14H21N3O2.HI/c15-14(17-12-5-2-1-3-6-12)16-8-4-9-19-13-7-10-18-11-13;/h1-3,5-6,13H,4,7-11H2,(H3,15,16,17);1H. The molecule has 0 spiro atoms. The summed E-state index contributed by atoms with van der Waals surface area (Å²) in [6, 6.07) is 9.76. The Balaban J connectivity index is 0.00000200. The molecule has 1 aliphatic rings. The summed E-state index contributed by atoms with van der Waals surface area (Å²) in [5, 5.41) is 3.04. The number of hydrogen-bond acceptors (Lipinski definition) is 3. The third kappa shape index (κ3) is 6.53. The second kappa shape index (κ2) is 9.95. The van der Waals surface area contributed by atoms with E-state index in [1.54, 1.807) is 0 Å². The second-order valence-electron chi connectivity index (χ2n) is 4.47. The van der Waals surface area contributed by atoms with E-state index in [-0.39, 0.29) is 30.1 Å². The number of nitrogens with zero attached hydrogens (tertiary/aromatic N) is 1. The highest BCUT2D eigenvalue weighted by Gasteiger charge is 2.15. The fourth-order valence-electron chi connectivity index (χ4n) is 1.87. The average Bonchev–Trinajstić information content (AvgIpc) is 2.92. The van der Waals surface area contributed by atoms with Crippen molar-refractivity contribution in [1.29, 1.82) is 0 Å². The summed E-state index contributed by atoms with van der Waals surface area (Å²) in [5.74, 6) is 0.440. The summed E-state index contributed by atoms with van der Waals surface area (Å²) in [5.41, 5.74) is 6.74. The first-order chi connectivity index (χ1) is 9.34. The maximum atomic E-state index is 5.79. The Morgan fingerprint density at radius 2 is 2.20 bits per heavy atom. The van der Waals surface area contributed by atoms with E-state index in [4.69, 9.17) is 15.2 Å². The van der Waals surface area contributed by atoms with Crippen LogP contribution in [0.1, 0.15) is 12.8 Å². The molecule has 2 rings (SSSR count). The number of nitrogens with one attached hydrogen (secondary N) is 1. The van der Waals surface area contributed by atoms with Crippen LogP contribution in [-0.4, -0.2) is 38.4 Å². The number of ether oxygens (including phenoxy) is 2. The highest BCUT2D eigenvalue weighted by atomic mass is 127. The van der Waals surface area contributed by atoms with Gasteiger partial charge in [0.25, 0.3) is 0 Å². The molecule has 5 nitrogen and oxygen atoms in total. The molecule has 1 heterocycles. The van der Waals surface area contributed by atoms with Gasteiger partial charge in [-0.2, -0.15) is 0 Å². The largest absolute Gasteiger partial charge is 0.379 e. The molecule has 0 aliphatic carbocycles. The number of halogens is 1.